The van der Waals surface area contributed by atoms with E-state index in [1.165, 1.54) is 11.3 Å². The number of nitrogens with zero attached hydrogens (tertiary/aromatic N) is 4. The third kappa shape index (κ3) is 5.43. The van der Waals surface area contributed by atoms with Crippen molar-refractivity contribution in [3.05, 3.63) is 40.4 Å². The molecule has 194 valence electrons. The summed E-state index contributed by atoms with van der Waals surface area (Å²) < 4.78 is 11.0. The molecule has 1 fully saturated rings. The van der Waals surface area contributed by atoms with Gasteiger partial charge in [-0.15, -0.1) is 11.3 Å². The van der Waals surface area contributed by atoms with Gasteiger partial charge in [0.1, 0.15) is 22.8 Å². The summed E-state index contributed by atoms with van der Waals surface area (Å²) in [5, 5.41) is 8.01. The fraction of sp³-hybridized carbons (Fsp3) is 0.400. The number of aromatic nitrogens is 2. The molecular weight excluding hydrogens is 496 g/mol. The number of ether oxygens (including phenoxy) is 2. The topological polar surface area (TPSA) is 141 Å². The lowest BCUT2D eigenvalue weighted by Gasteiger charge is -2.19. The van der Waals surface area contributed by atoms with Crippen molar-refractivity contribution in [2.45, 2.75) is 39.2 Å². The molecule has 0 atom stereocenters. The van der Waals surface area contributed by atoms with Crippen LogP contribution in [-0.4, -0.2) is 64.4 Å². The van der Waals surface area contributed by atoms with E-state index in [-0.39, 0.29) is 31.2 Å². The zero-order valence-electron chi connectivity index (χ0n) is 20.9. The van der Waals surface area contributed by atoms with E-state index in [2.05, 4.69) is 20.4 Å². The summed E-state index contributed by atoms with van der Waals surface area (Å²) in [7, 11) is 0. The SMILES string of the molecule is CC(C)(C)NC(=O)c1cc2c(C(=NOCCN3CCCC3=O)c3ccc4c(c3)OCO4)nc(N)nc2s1. The molecule has 37 heavy (non-hydrogen) atoms. The third-order valence-electron chi connectivity index (χ3n) is 5.77. The van der Waals surface area contributed by atoms with Crippen LogP contribution in [0.15, 0.2) is 29.4 Å². The molecule has 1 saturated heterocycles. The second-order valence-corrected chi connectivity index (χ2v) is 10.8. The van der Waals surface area contributed by atoms with E-state index in [0.717, 1.165) is 13.0 Å². The van der Waals surface area contributed by atoms with Gasteiger partial charge in [0, 0.05) is 29.5 Å². The maximum atomic E-state index is 12.9. The number of rotatable bonds is 7. The molecule has 0 saturated carbocycles. The Kier molecular flexibility index (Phi) is 6.59. The zero-order valence-corrected chi connectivity index (χ0v) is 21.7. The number of hydrogen-bond acceptors (Lipinski definition) is 10. The fourth-order valence-corrected chi connectivity index (χ4v) is 5.04. The molecule has 1 aromatic carbocycles. The predicted octanol–water partition coefficient (Wildman–Crippen LogP) is 2.92. The second kappa shape index (κ2) is 9.85. The van der Waals surface area contributed by atoms with Gasteiger partial charge >= 0.3 is 0 Å². The zero-order chi connectivity index (χ0) is 26.2. The van der Waals surface area contributed by atoms with Crippen molar-refractivity contribution < 1.29 is 23.9 Å². The quantitative estimate of drug-likeness (QED) is 0.273. The number of oxime groups is 1. The Morgan fingerprint density at radius 2 is 2.05 bits per heavy atom. The highest BCUT2D eigenvalue weighted by atomic mass is 32.1. The minimum absolute atomic E-state index is 0.0447. The summed E-state index contributed by atoms with van der Waals surface area (Å²) in [5.74, 6) is 1.15. The van der Waals surface area contributed by atoms with Gasteiger partial charge in [0.25, 0.3) is 5.91 Å². The number of likely N-dealkylation sites (tertiary alicyclic amines) is 1. The van der Waals surface area contributed by atoms with Crippen LogP contribution in [0.1, 0.15) is 54.5 Å². The minimum Gasteiger partial charge on any atom is -0.454 e. The number of carbonyl (C=O) groups is 2. The van der Waals surface area contributed by atoms with E-state index < -0.39 is 5.54 Å². The van der Waals surface area contributed by atoms with E-state index in [4.69, 9.17) is 20.0 Å². The number of nitrogens with two attached hydrogens (primary N) is 1. The summed E-state index contributed by atoms with van der Waals surface area (Å²) in [4.78, 5) is 42.1. The predicted molar refractivity (Wildman–Crippen MR) is 139 cm³/mol. The maximum absolute atomic E-state index is 12.9. The van der Waals surface area contributed by atoms with Crippen molar-refractivity contribution in [2.24, 2.45) is 5.16 Å². The van der Waals surface area contributed by atoms with Crippen LogP contribution >= 0.6 is 11.3 Å². The Morgan fingerprint density at radius 1 is 1.24 bits per heavy atom. The lowest BCUT2D eigenvalue weighted by molar-refractivity contribution is -0.128. The Bertz CT molecular complexity index is 1400. The number of fused-ring (bicyclic) bond motifs is 2. The molecule has 0 spiro atoms. The van der Waals surface area contributed by atoms with Gasteiger partial charge < -0.3 is 30.3 Å². The molecule has 12 heteroatoms. The standard InChI is InChI=1S/C25H28N6O5S/c1-25(2,3)29-22(33)18-12-15-21(27-24(26)28-23(15)37-18)20(14-6-7-16-17(11-14)35-13-34-16)30-36-10-9-31-8-4-5-19(31)32/h6-7,11-12H,4-5,8-10,13H2,1-3H3,(H,29,33)(H2,26,27,28). The molecule has 2 aliphatic heterocycles. The van der Waals surface area contributed by atoms with Crippen LogP contribution in [0.3, 0.4) is 0 Å². The number of anilines is 1. The lowest BCUT2D eigenvalue weighted by atomic mass is 10.0. The molecule has 0 radical (unpaired) electrons. The van der Waals surface area contributed by atoms with Gasteiger partial charge in [-0.05, 0) is 51.5 Å². The Balaban J connectivity index is 1.52. The van der Waals surface area contributed by atoms with Crippen LogP contribution in [0.4, 0.5) is 5.95 Å². The number of nitrogens with one attached hydrogen (secondary N) is 1. The van der Waals surface area contributed by atoms with E-state index in [1.807, 2.05) is 26.8 Å². The van der Waals surface area contributed by atoms with Gasteiger partial charge in [0.2, 0.25) is 18.6 Å². The number of amides is 2. The maximum Gasteiger partial charge on any atom is 0.261 e. The number of benzene rings is 1. The normalized spacial score (nSPS) is 15.5. The molecule has 0 aliphatic carbocycles. The van der Waals surface area contributed by atoms with Crippen LogP contribution in [0.2, 0.25) is 0 Å². The molecule has 4 heterocycles. The van der Waals surface area contributed by atoms with Crippen molar-refractivity contribution >= 4 is 45.0 Å². The monoisotopic (exact) mass is 524 g/mol. The first-order chi connectivity index (χ1) is 17.7. The summed E-state index contributed by atoms with van der Waals surface area (Å²) in [6.07, 6.45) is 1.42. The van der Waals surface area contributed by atoms with E-state index >= 15 is 0 Å². The van der Waals surface area contributed by atoms with Crippen molar-refractivity contribution in [1.29, 1.82) is 0 Å². The first-order valence-electron chi connectivity index (χ1n) is 12.0. The average molecular weight is 525 g/mol. The molecular formula is C25H28N6O5S. The van der Waals surface area contributed by atoms with Gasteiger partial charge in [-0.2, -0.15) is 0 Å². The van der Waals surface area contributed by atoms with Gasteiger partial charge in [0.15, 0.2) is 11.5 Å². The molecule has 2 aliphatic rings. The highest BCUT2D eigenvalue weighted by Gasteiger charge is 2.24. The highest BCUT2D eigenvalue weighted by Crippen LogP contribution is 2.35. The number of nitrogen functional groups attached to an aromatic ring is 1. The van der Waals surface area contributed by atoms with Gasteiger partial charge in [-0.3, -0.25) is 9.59 Å². The molecule has 2 amide bonds. The van der Waals surface area contributed by atoms with Gasteiger partial charge in [-0.25, -0.2) is 9.97 Å². The van der Waals surface area contributed by atoms with Crippen LogP contribution in [0.5, 0.6) is 11.5 Å². The fourth-order valence-electron chi connectivity index (χ4n) is 4.11. The summed E-state index contributed by atoms with van der Waals surface area (Å²) >= 11 is 1.22. The first kappa shape index (κ1) is 24.8. The smallest absolute Gasteiger partial charge is 0.261 e. The van der Waals surface area contributed by atoms with E-state index in [0.29, 0.717) is 56.5 Å². The Labute approximate surface area is 217 Å². The molecule has 11 nitrogen and oxygen atoms in total. The summed E-state index contributed by atoms with van der Waals surface area (Å²) in [5.41, 5.74) is 7.15. The largest absolute Gasteiger partial charge is 0.454 e. The van der Waals surface area contributed by atoms with Crippen molar-refractivity contribution in [2.75, 3.05) is 32.2 Å². The number of thiophene rings is 1. The lowest BCUT2D eigenvalue weighted by Crippen LogP contribution is -2.40. The number of carbonyl (C=O) groups excluding carboxylic acids is 2. The summed E-state index contributed by atoms with van der Waals surface area (Å²) in [6, 6.07) is 7.14. The molecule has 5 rings (SSSR count). The highest BCUT2D eigenvalue weighted by molar-refractivity contribution is 7.20. The Morgan fingerprint density at radius 3 is 2.81 bits per heavy atom. The number of hydrogen-bond donors (Lipinski definition) is 2. The van der Waals surface area contributed by atoms with Crippen LogP contribution in [0, 0.1) is 0 Å². The molecule has 2 aromatic heterocycles. The summed E-state index contributed by atoms with van der Waals surface area (Å²) in [6.45, 7) is 7.25. The van der Waals surface area contributed by atoms with Crippen molar-refractivity contribution in [3.63, 3.8) is 0 Å². The van der Waals surface area contributed by atoms with E-state index in [1.54, 1.807) is 23.1 Å². The van der Waals surface area contributed by atoms with E-state index in [9.17, 15) is 9.59 Å². The molecule has 0 bridgehead atoms. The second-order valence-electron chi connectivity index (χ2n) is 9.79. The average Bonchev–Trinajstić information content (AvgIpc) is 3.56. The van der Waals surface area contributed by atoms with Gasteiger partial charge in [-0.1, -0.05) is 5.16 Å². The molecule has 0 unspecified atom stereocenters. The van der Waals surface area contributed by atoms with Crippen molar-refractivity contribution in [1.82, 2.24) is 20.2 Å². The van der Waals surface area contributed by atoms with Crippen molar-refractivity contribution in [3.8, 4) is 11.5 Å². The molecule has 3 aromatic rings. The Hall–Kier alpha value is -3.93. The minimum atomic E-state index is -0.398. The molecule has 3 N–H and O–H groups in total. The van der Waals surface area contributed by atoms with Gasteiger partial charge in [0.05, 0.1) is 11.4 Å². The first-order valence-corrected chi connectivity index (χ1v) is 12.8. The third-order valence-corrected chi connectivity index (χ3v) is 6.80. The van der Waals surface area contributed by atoms with Crippen LogP contribution in [-0.2, 0) is 9.63 Å². The van der Waals surface area contributed by atoms with Crippen LogP contribution < -0.4 is 20.5 Å². The van der Waals surface area contributed by atoms with Crippen LogP contribution in [0.25, 0.3) is 10.2 Å².